The van der Waals surface area contributed by atoms with Crippen LogP contribution in [0.2, 0.25) is 0 Å². The van der Waals surface area contributed by atoms with E-state index in [1.807, 2.05) is 19.9 Å². The number of hydrogen-bond acceptors (Lipinski definition) is 5. The fraction of sp³-hybridized carbons (Fsp3) is 0.581. The van der Waals surface area contributed by atoms with E-state index in [2.05, 4.69) is 27.9 Å². The van der Waals surface area contributed by atoms with Crippen LogP contribution in [0.25, 0.3) is 0 Å². The van der Waals surface area contributed by atoms with Crippen LogP contribution < -0.4 is 16.4 Å². The Bertz CT molecular complexity index is 1360. The SMILES string of the molecule is CC(C)n1nccc1C(=O)NC(C(=O)Nc1ccc2c(c1)CCC2)C(C1CC1)C1CC1.NC(=O)C1N(C=O)CCC1(F)F. The zero-order valence-corrected chi connectivity index (χ0v) is 24.6. The van der Waals surface area contributed by atoms with Crippen molar-refractivity contribution in [3.8, 4) is 0 Å². The number of hydrogen-bond donors (Lipinski definition) is 3. The summed E-state index contributed by atoms with van der Waals surface area (Å²) in [6, 6.07) is 5.76. The number of fused-ring (bicyclic) bond motifs is 1. The molecule has 10 nitrogen and oxygen atoms in total. The second-order valence-corrected chi connectivity index (χ2v) is 12.4. The number of aryl methyl sites for hydroxylation is 2. The molecule has 2 saturated carbocycles. The van der Waals surface area contributed by atoms with Crippen LogP contribution in [0.3, 0.4) is 0 Å². The number of alkyl halides is 2. The number of primary amides is 1. The molecule has 1 aromatic heterocycles. The van der Waals surface area contributed by atoms with Gasteiger partial charge < -0.3 is 21.3 Å². The van der Waals surface area contributed by atoms with Gasteiger partial charge >= 0.3 is 0 Å². The third-order valence-electron chi connectivity index (χ3n) is 8.88. The van der Waals surface area contributed by atoms with Crippen LogP contribution in [0.1, 0.15) is 80.0 Å². The Hall–Kier alpha value is -3.83. The molecule has 2 aromatic rings. The molecule has 6 rings (SSSR count). The third-order valence-corrected chi connectivity index (χ3v) is 8.88. The highest BCUT2D eigenvalue weighted by Gasteiger charge is 2.52. The zero-order valence-electron chi connectivity index (χ0n) is 24.6. The Morgan fingerprint density at radius 3 is 2.33 bits per heavy atom. The van der Waals surface area contributed by atoms with Gasteiger partial charge in [-0.25, -0.2) is 8.78 Å². The molecule has 4 N–H and O–H groups in total. The Labute approximate surface area is 249 Å². The maximum atomic E-state index is 13.5. The van der Waals surface area contributed by atoms with Crippen LogP contribution >= 0.6 is 0 Å². The number of amides is 4. The number of nitrogens with zero attached hydrogens (tertiary/aromatic N) is 3. The first-order chi connectivity index (χ1) is 20.5. The lowest BCUT2D eigenvalue weighted by Crippen LogP contribution is -2.50. The van der Waals surface area contributed by atoms with Gasteiger partial charge in [-0.05, 0) is 106 Å². The van der Waals surface area contributed by atoms with E-state index in [1.165, 1.54) is 17.5 Å². The molecule has 1 saturated heterocycles. The lowest BCUT2D eigenvalue weighted by Gasteiger charge is -2.28. The van der Waals surface area contributed by atoms with Crippen molar-refractivity contribution < 1.29 is 28.0 Å². The number of nitrogens with two attached hydrogens (primary N) is 1. The van der Waals surface area contributed by atoms with Gasteiger partial charge in [0.15, 0.2) is 6.04 Å². The second-order valence-electron chi connectivity index (χ2n) is 12.4. The lowest BCUT2D eigenvalue weighted by molar-refractivity contribution is -0.138. The number of aromatic nitrogens is 2. The number of benzene rings is 1. The molecule has 2 heterocycles. The van der Waals surface area contributed by atoms with E-state index in [9.17, 15) is 28.0 Å². The number of likely N-dealkylation sites (tertiary alicyclic amines) is 1. The van der Waals surface area contributed by atoms with E-state index in [0.29, 0.717) is 17.5 Å². The second kappa shape index (κ2) is 12.4. The van der Waals surface area contributed by atoms with Gasteiger partial charge in [-0.15, -0.1) is 0 Å². The van der Waals surface area contributed by atoms with Gasteiger partial charge in [-0.3, -0.25) is 23.9 Å². The summed E-state index contributed by atoms with van der Waals surface area (Å²) >= 11 is 0. The van der Waals surface area contributed by atoms with Gasteiger partial charge in [-0.2, -0.15) is 5.10 Å². The summed E-state index contributed by atoms with van der Waals surface area (Å²) in [4.78, 5) is 48.1. The Morgan fingerprint density at radius 2 is 1.74 bits per heavy atom. The van der Waals surface area contributed by atoms with Crippen LogP contribution in [-0.4, -0.2) is 63.4 Å². The molecule has 232 valence electrons. The first kappa shape index (κ1) is 30.6. The highest BCUT2D eigenvalue weighted by molar-refractivity contribution is 6.01. The van der Waals surface area contributed by atoms with E-state index in [4.69, 9.17) is 5.73 Å². The average molecular weight is 599 g/mol. The summed E-state index contributed by atoms with van der Waals surface area (Å²) in [6.07, 6.45) is 9.37. The molecule has 0 bridgehead atoms. The van der Waals surface area contributed by atoms with Crippen molar-refractivity contribution in [2.24, 2.45) is 23.5 Å². The van der Waals surface area contributed by atoms with Crippen LogP contribution in [0, 0.1) is 17.8 Å². The maximum absolute atomic E-state index is 13.5. The normalized spacial score (nSPS) is 21.2. The van der Waals surface area contributed by atoms with Gasteiger partial charge in [0.1, 0.15) is 11.7 Å². The third kappa shape index (κ3) is 6.88. The maximum Gasteiger partial charge on any atom is 0.278 e. The summed E-state index contributed by atoms with van der Waals surface area (Å²) in [5, 5.41) is 10.5. The molecule has 43 heavy (non-hydrogen) atoms. The summed E-state index contributed by atoms with van der Waals surface area (Å²) in [5.41, 5.74) is 8.79. The predicted octanol–water partition coefficient (Wildman–Crippen LogP) is 3.46. The molecule has 4 aliphatic rings. The summed E-state index contributed by atoms with van der Waals surface area (Å²) in [5.74, 6) is -3.35. The molecule has 2 atom stereocenters. The van der Waals surface area contributed by atoms with Gasteiger partial charge in [-0.1, -0.05) is 6.07 Å². The Balaban J connectivity index is 0.000000259. The topological polar surface area (TPSA) is 139 Å². The van der Waals surface area contributed by atoms with Crippen LogP contribution in [0.4, 0.5) is 14.5 Å². The molecule has 2 unspecified atom stereocenters. The van der Waals surface area contributed by atoms with Crippen LogP contribution in [0.5, 0.6) is 0 Å². The Kier molecular flexibility index (Phi) is 8.84. The number of halogens is 2. The van der Waals surface area contributed by atoms with Crippen molar-refractivity contribution in [1.82, 2.24) is 20.0 Å². The minimum absolute atomic E-state index is 0.0806. The monoisotopic (exact) mass is 598 g/mol. The van der Waals surface area contributed by atoms with Crippen molar-refractivity contribution in [2.75, 3.05) is 11.9 Å². The smallest absolute Gasteiger partial charge is 0.278 e. The van der Waals surface area contributed by atoms with Gasteiger partial charge in [0.05, 0.1) is 0 Å². The number of carbonyl (C=O) groups excluding carboxylic acids is 4. The average Bonchev–Trinajstić information content (AvgIpc) is 3.84. The van der Waals surface area contributed by atoms with Crippen molar-refractivity contribution >= 4 is 29.8 Å². The first-order valence-electron chi connectivity index (χ1n) is 15.2. The molecule has 3 fully saturated rings. The zero-order chi connectivity index (χ0) is 30.9. The number of anilines is 1. The molecule has 12 heteroatoms. The fourth-order valence-corrected chi connectivity index (χ4v) is 6.49. The highest BCUT2D eigenvalue weighted by Crippen LogP contribution is 2.51. The van der Waals surface area contributed by atoms with Gasteiger partial charge in [0.2, 0.25) is 18.2 Å². The minimum atomic E-state index is -3.17. The molecule has 4 amide bonds. The molecule has 0 spiro atoms. The van der Waals surface area contributed by atoms with E-state index in [0.717, 1.165) is 49.1 Å². The van der Waals surface area contributed by atoms with Crippen molar-refractivity contribution in [3.63, 3.8) is 0 Å². The van der Waals surface area contributed by atoms with Crippen molar-refractivity contribution in [3.05, 3.63) is 47.3 Å². The van der Waals surface area contributed by atoms with Gasteiger partial charge in [0.25, 0.3) is 11.8 Å². The summed E-state index contributed by atoms with van der Waals surface area (Å²) < 4.78 is 27.3. The lowest BCUT2D eigenvalue weighted by atomic mass is 9.88. The summed E-state index contributed by atoms with van der Waals surface area (Å²) in [7, 11) is 0. The number of rotatable bonds is 10. The highest BCUT2D eigenvalue weighted by atomic mass is 19.3. The van der Waals surface area contributed by atoms with E-state index < -0.39 is 30.3 Å². The minimum Gasteiger partial charge on any atom is -0.368 e. The number of carbonyl (C=O) groups is 4. The molecule has 1 aliphatic heterocycles. The first-order valence-corrected chi connectivity index (χ1v) is 15.2. The molecule has 0 radical (unpaired) electrons. The van der Waals surface area contributed by atoms with Gasteiger partial charge in [0, 0.05) is 30.9 Å². The van der Waals surface area contributed by atoms with Crippen molar-refractivity contribution in [2.45, 2.75) is 89.3 Å². The summed E-state index contributed by atoms with van der Waals surface area (Å²) in [6.45, 7) is 3.88. The fourth-order valence-electron chi connectivity index (χ4n) is 6.49. The molecular formula is C31H40F2N6O4. The molecule has 3 aliphatic carbocycles. The predicted molar refractivity (Wildman–Crippen MR) is 155 cm³/mol. The Morgan fingerprint density at radius 1 is 1.07 bits per heavy atom. The van der Waals surface area contributed by atoms with E-state index in [-0.39, 0.29) is 36.7 Å². The van der Waals surface area contributed by atoms with Crippen LogP contribution in [0.15, 0.2) is 30.5 Å². The van der Waals surface area contributed by atoms with Crippen LogP contribution in [-0.2, 0) is 27.2 Å². The van der Waals surface area contributed by atoms with Crippen molar-refractivity contribution in [1.29, 1.82) is 0 Å². The largest absolute Gasteiger partial charge is 0.368 e. The van der Waals surface area contributed by atoms with E-state index >= 15 is 0 Å². The molecule has 1 aromatic carbocycles. The number of nitrogens with one attached hydrogen (secondary N) is 2. The van der Waals surface area contributed by atoms with E-state index in [1.54, 1.807) is 16.9 Å². The standard InChI is InChI=1S/C25H32N4O2.C6H8F2N2O2/c1-15(2)29-21(12-13-26-29)24(30)28-23(22(17-6-7-17)18-8-9-18)25(31)27-20-11-10-16-4-3-5-19(16)14-20;7-6(8)1-2-10(3-11)4(6)5(9)12/h10-15,17-18,22-23H,3-9H2,1-2H3,(H,27,31)(H,28,30);3-4H,1-2H2,(H2,9,12). The molecular weight excluding hydrogens is 558 g/mol. The quantitative estimate of drug-likeness (QED) is 0.360.